The van der Waals surface area contributed by atoms with Gasteiger partial charge in [0.1, 0.15) is 0 Å². The zero-order chi connectivity index (χ0) is 17.9. The molecule has 0 bridgehead atoms. The molecule has 0 aromatic carbocycles. The molecule has 144 valence electrons. The van der Waals surface area contributed by atoms with E-state index in [1.807, 2.05) is 0 Å². The molecule has 0 fully saturated rings. The summed E-state index contributed by atoms with van der Waals surface area (Å²) in [6.07, 6.45) is 18.1. The molecule has 0 aromatic rings. The number of hydrogen-bond donors (Lipinski definition) is 1. The van der Waals surface area contributed by atoms with Gasteiger partial charge in [-0.25, -0.2) is 0 Å². The fourth-order valence-electron chi connectivity index (χ4n) is 3.05. The first-order valence-electron chi connectivity index (χ1n) is 10.5. The molecule has 0 aromatic heterocycles. The van der Waals surface area contributed by atoms with Crippen molar-refractivity contribution in [1.82, 2.24) is 0 Å². The van der Waals surface area contributed by atoms with Crippen LogP contribution >= 0.6 is 12.6 Å². The third-order valence-electron chi connectivity index (χ3n) is 4.70. The number of carbonyl (C=O) groups excluding carboxylic acids is 1. The molecule has 0 spiro atoms. The maximum Gasteiger partial charge on any atom is 0.305 e. The zero-order valence-corrected chi connectivity index (χ0v) is 17.3. The van der Waals surface area contributed by atoms with Gasteiger partial charge in [0, 0.05) is 6.42 Å². The lowest BCUT2D eigenvalue weighted by Crippen LogP contribution is -2.14. The van der Waals surface area contributed by atoms with E-state index < -0.39 is 0 Å². The normalized spacial score (nSPS) is 12.3. The van der Waals surface area contributed by atoms with Crippen molar-refractivity contribution in [3.63, 3.8) is 0 Å². The average Bonchev–Trinajstić information content (AvgIpc) is 2.59. The maximum atomic E-state index is 11.8. The number of ether oxygens (including phenoxy) is 1. The molecule has 0 rings (SSSR count). The van der Waals surface area contributed by atoms with Crippen molar-refractivity contribution in [2.75, 3.05) is 12.4 Å². The summed E-state index contributed by atoms with van der Waals surface area (Å²) < 4.78 is 5.54. The Kier molecular flexibility index (Phi) is 19.0. The van der Waals surface area contributed by atoms with E-state index in [2.05, 4.69) is 26.5 Å². The average molecular weight is 359 g/mol. The minimum absolute atomic E-state index is 0.0155. The highest BCUT2D eigenvalue weighted by Gasteiger charge is 2.12. The van der Waals surface area contributed by atoms with Crippen LogP contribution < -0.4 is 0 Å². The SMILES string of the molecule is CCCCCCCCC(CCCCCC)COC(=O)CCCCS. The Balaban J connectivity index is 3.91. The van der Waals surface area contributed by atoms with Gasteiger partial charge in [0.2, 0.25) is 0 Å². The molecule has 0 heterocycles. The van der Waals surface area contributed by atoms with E-state index in [1.54, 1.807) is 0 Å². The van der Waals surface area contributed by atoms with Crippen LogP contribution in [0.4, 0.5) is 0 Å². The monoisotopic (exact) mass is 358 g/mol. The first kappa shape index (κ1) is 23.8. The number of thiol groups is 1. The molecule has 0 amide bonds. The predicted octanol–water partition coefficient (Wildman–Crippen LogP) is 6.97. The molecular formula is C21H42O2S. The van der Waals surface area contributed by atoms with E-state index in [1.165, 1.54) is 77.0 Å². The van der Waals surface area contributed by atoms with Gasteiger partial charge in [-0.05, 0) is 37.4 Å². The Hall–Kier alpha value is -0.180. The summed E-state index contributed by atoms with van der Waals surface area (Å²) >= 11 is 4.18. The molecule has 0 saturated carbocycles. The first-order valence-corrected chi connectivity index (χ1v) is 11.1. The lowest BCUT2D eigenvalue weighted by molar-refractivity contribution is -0.145. The standard InChI is InChI=1S/C21H42O2S/c1-3-5-7-9-10-12-16-20(15-11-8-6-4-2)19-23-21(22)17-13-14-18-24/h20,24H,3-19H2,1-2H3. The third kappa shape index (κ3) is 16.7. The Morgan fingerprint density at radius 3 is 1.92 bits per heavy atom. The van der Waals surface area contributed by atoms with E-state index in [4.69, 9.17) is 4.74 Å². The first-order chi connectivity index (χ1) is 11.7. The van der Waals surface area contributed by atoms with Gasteiger partial charge in [-0.1, -0.05) is 78.1 Å². The molecule has 0 aliphatic rings. The molecule has 24 heavy (non-hydrogen) atoms. The van der Waals surface area contributed by atoms with Gasteiger partial charge in [-0.2, -0.15) is 12.6 Å². The van der Waals surface area contributed by atoms with Gasteiger partial charge >= 0.3 is 5.97 Å². The summed E-state index contributed by atoms with van der Waals surface area (Å²) in [5.74, 6) is 1.41. The lowest BCUT2D eigenvalue weighted by atomic mass is 9.95. The molecular weight excluding hydrogens is 316 g/mol. The van der Waals surface area contributed by atoms with Crippen molar-refractivity contribution in [2.24, 2.45) is 5.92 Å². The maximum absolute atomic E-state index is 11.8. The van der Waals surface area contributed by atoms with Crippen molar-refractivity contribution in [3.05, 3.63) is 0 Å². The molecule has 0 aliphatic heterocycles. The molecule has 3 heteroatoms. The van der Waals surface area contributed by atoms with Gasteiger partial charge in [-0.3, -0.25) is 4.79 Å². The molecule has 0 saturated heterocycles. The van der Waals surface area contributed by atoms with E-state index in [-0.39, 0.29) is 5.97 Å². The lowest BCUT2D eigenvalue weighted by Gasteiger charge is -2.17. The highest BCUT2D eigenvalue weighted by Crippen LogP contribution is 2.19. The van der Waals surface area contributed by atoms with Gasteiger partial charge < -0.3 is 4.74 Å². The predicted molar refractivity (Wildman–Crippen MR) is 109 cm³/mol. The summed E-state index contributed by atoms with van der Waals surface area (Å²) in [7, 11) is 0. The second-order valence-electron chi connectivity index (χ2n) is 7.14. The van der Waals surface area contributed by atoms with Gasteiger partial charge in [-0.15, -0.1) is 0 Å². The highest BCUT2D eigenvalue weighted by atomic mass is 32.1. The second kappa shape index (κ2) is 19.1. The summed E-state index contributed by atoms with van der Waals surface area (Å²) in [5.41, 5.74) is 0. The minimum atomic E-state index is -0.0155. The zero-order valence-electron chi connectivity index (χ0n) is 16.4. The fraction of sp³-hybridized carbons (Fsp3) is 0.952. The second-order valence-corrected chi connectivity index (χ2v) is 7.58. The van der Waals surface area contributed by atoms with Crippen LogP contribution in [0.25, 0.3) is 0 Å². The number of unbranched alkanes of at least 4 members (excludes halogenated alkanes) is 9. The van der Waals surface area contributed by atoms with Gasteiger partial charge in [0.25, 0.3) is 0 Å². The van der Waals surface area contributed by atoms with Gasteiger partial charge in [0.05, 0.1) is 6.61 Å². The molecule has 0 N–H and O–H groups in total. The van der Waals surface area contributed by atoms with E-state index >= 15 is 0 Å². The van der Waals surface area contributed by atoms with Gasteiger partial charge in [0.15, 0.2) is 0 Å². The quantitative estimate of drug-likeness (QED) is 0.163. The summed E-state index contributed by atoms with van der Waals surface area (Å²) in [6, 6.07) is 0. The molecule has 2 nitrogen and oxygen atoms in total. The number of esters is 1. The summed E-state index contributed by atoms with van der Waals surface area (Å²) in [4.78, 5) is 11.8. The van der Waals surface area contributed by atoms with Crippen LogP contribution in [0.15, 0.2) is 0 Å². The van der Waals surface area contributed by atoms with E-state index in [0.717, 1.165) is 18.6 Å². The van der Waals surface area contributed by atoms with Crippen molar-refractivity contribution < 1.29 is 9.53 Å². The van der Waals surface area contributed by atoms with Crippen molar-refractivity contribution in [1.29, 1.82) is 0 Å². The van der Waals surface area contributed by atoms with Crippen molar-refractivity contribution in [2.45, 2.75) is 110 Å². The van der Waals surface area contributed by atoms with Crippen molar-refractivity contribution >= 4 is 18.6 Å². The molecule has 0 radical (unpaired) electrons. The van der Waals surface area contributed by atoms with E-state index in [0.29, 0.717) is 18.9 Å². The van der Waals surface area contributed by atoms with Crippen LogP contribution in [-0.2, 0) is 9.53 Å². The van der Waals surface area contributed by atoms with Crippen LogP contribution in [-0.4, -0.2) is 18.3 Å². The third-order valence-corrected chi connectivity index (χ3v) is 5.02. The Labute approximate surface area is 156 Å². The number of hydrogen-bond acceptors (Lipinski definition) is 3. The van der Waals surface area contributed by atoms with Crippen LogP contribution in [0.5, 0.6) is 0 Å². The van der Waals surface area contributed by atoms with Crippen LogP contribution in [0.1, 0.15) is 110 Å². The fourth-order valence-corrected chi connectivity index (χ4v) is 3.27. The minimum Gasteiger partial charge on any atom is -0.465 e. The molecule has 1 atom stereocenters. The number of carbonyl (C=O) groups is 1. The van der Waals surface area contributed by atoms with E-state index in [9.17, 15) is 4.79 Å². The van der Waals surface area contributed by atoms with Crippen molar-refractivity contribution in [3.8, 4) is 0 Å². The highest BCUT2D eigenvalue weighted by molar-refractivity contribution is 7.80. The number of rotatable bonds is 18. The summed E-state index contributed by atoms with van der Waals surface area (Å²) in [6.45, 7) is 5.15. The largest absolute Gasteiger partial charge is 0.465 e. The molecule has 1 unspecified atom stereocenters. The Morgan fingerprint density at radius 2 is 1.33 bits per heavy atom. The topological polar surface area (TPSA) is 26.3 Å². The van der Waals surface area contributed by atoms with Crippen LogP contribution in [0.3, 0.4) is 0 Å². The van der Waals surface area contributed by atoms with Crippen LogP contribution in [0, 0.1) is 5.92 Å². The Bertz CT molecular complexity index is 269. The summed E-state index contributed by atoms with van der Waals surface area (Å²) in [5, 5.41) is 0. The van der Waals surface area contributed by atoms with Crippen LogP contribution in [0.2, 0.25) is 0 Å². The smallest absolute Gasteiger partial charge is 0.305 e. The molecule has 0 aliphatic carbocycles. The Morgan fingerprint density at radius 1 is 0.792 bits per heavy atom.